The zero-order valence-electron chi connectivity index (χ0n) is 10.2. The molecule has 0 radical (unpaired) electrons. The molecule has 4 heteroatoms. The molecule has 2 N–H and O–H groups in total. The fourth-order valence-corrected chi connectivity index (χ4v) is 3.04. The zero-order valence-corrected chi connectivity index (χ0v) is 10.2. The molecule has 0 bridgehead atoms. The van der Waals surface area contributed by atoms with Gasteiger partial charge >= 0.3 is 0 Å². The predicted molar refractivity (Wildman–Crippen MR) is 61.3 cm³/mol. The van der Waals surface area contributed by atoms with Crippen molar-refractivity contribution < 1.29 is 14.9 Å². The molecule has 16 heavy (non-hydrogen) atoms. The first-order valence-electron chi connectivity index (χ1n) is 6.22. The number of hydrogen-bond acceptors (Lipinski definition) is 4. The van der Waals surface area contributed by atoms with E-state index in [1.54, 1.807) is 0 Å². The van der Waals surface area contributed by atoms with Crippen LogP contribution in [0.4, 0.5) is 0 Å². The maximum Gasteiger partial charge on any atom is 0.0940 e. The highest BCUT2D eigenvalue weighted by atomic mass is 16.5. The quantitative estimate of drug-likeness (QED) is 0.718. The maximum atomic E-state index is 9.93. The van der Waals surface area contributed by atoms with Gasteiger partial charge in [0, 0.05) is 19.1 Å². The van der Waals surface area contributed by atoms with Crippen LogP contribution in [0.5, 0.6) is 0 Å². The van der Waals surface area contributed by atoms with E-state index in [2.05, 4.69) is 4.90 Å². The molecule has 1 saturated heterocycles. The maximum absolute atomic E-state index is 9.93. The molecule has 0 aromatic heterocycles. The van der Waals surface area contributed by atoms with Gasteiger partial charge < -0.3 is 14.9 Å². The molecule has 0 spiro atoms. The van der Waals surface area contributed by atoms with E-state index in [4.69, 9.17) is 4.74 Å². The molecule has 2 fully saturated rings. The van der Waals surface area contributed by atoms with Crippen molar-refractivity contribution in [3.63, 3.8) is 0 Å². The third-order valence-corrected chi connectivity index (χ3v) is 3.62. The Morgan fingerprint density at radius 1 is 1.38 bits per heavy atom. The lowest BCUT2D eigenvalue weighted by molar-refractivity contribution is -0.162. The fraction of sp³-hybridized carbons (Fsp3) is 1.00. The summed E-state index contributed by atoms with van der Waals surface area (Å²) >= 11 is 0. The van der Waals surface area contributed by atoms with Gasteiger partial charge in [-0.2, -0.15) is 0 Å². The number of aliphatic hydroxyl groups excluding tert-OH is 2. The Labute approximate surface area is 97.2 Å². The summed E-state index contributed by atoms with van der Waals surface area (Å²) in [6, 6.07) is 0.261. The van der Waals surface area contributed by atoms with Gasteiger partial charge in [0.2, 0.25) is 0 Å². The number of morpholine rings is 1. The SMILES string of the molecule is CC1(C)CN([C@H]2CCC[C@@H]2O)CC(CO)O1. The molecule has 1 unspecified atom stereocenters. The van der Waals surface area contributed by atoms with Crippen LogP contribution in [0, 0.1) is 0 Å². The molecule has 3 atom stereocenters. The standard InChI is InChI=1S/C12H23NO3/c1-12(2)8-13(6-9(7-14)16-12)10-4-3-5-11(10)15/h9-11,14-15H,3-8H2,1-2H3/t9?,10-,11-/m0/s1. The van der Waals surface area contributed by atoms with Gasteiger partial charge in [0.1, 0.15) is 0 Å². The van der Waals surface area contributed by atoms with Gasteiger partial charge in [-0.3, -0.25) is 4.90 Å². The highest BCUT2D eigenvalue weighted by molar-refractivity contribution is 4.92. The number of rotatable bonds is 2. The van der Waals surface area contributed by atoms with E-state index in [9.17, 15) is 10.2 Å². The first-order chi connectivity index (χ1) is 7.52. The smallest absolute Gasteiger partial charge is 0.0940 e. The van der Waals surface area contributed by atoms with Crippen LogP contribution in [0.2, 0.25) is 0 Å². The molecule has 1 aliphatic heterocycles. The normalized spacial score (nSPS) is 40.1. The van der Waals surface area contributed by atoms with Crippen molar-refractivity contribution >= 4 is 0 Å². The Bertz CT molecular complexity index is 244. The van der Waals surface area contributed by atoms with E-state index in [1.807, 2.05) is 13.8 Å². The molecule has 0 amide bonds. The van der Waals surface area contributed by atoms with Crippen LogP contribution in [0.1, 0.15) is 33.1 Å². The molecule has 0 aromatic rings. The third kappa shape index (κ3) is 2.56. The summed E-state index contributed by atoms with van der Waals surface area (Å²) in [5, 5.41) is 19.2. The summed E-state index contributed by atoms with van der Waals surface area (Å²) in [6.45, 7) is 5.72. The second-order valence-corrected chi connectivity index (χ2v) is 5.68. The molecule has 4 nitrogen and oxygen atoms in total. The second kappa shape index (κ2) is 4.61. The Balaban J connectivity index is 2.03. The molecule has 1 saturated carbocycles. The first kappa shape index (κ1) is 12.3. The van der Waals surface area contributed by atoms with Crippen LogP contribution < -0.4 is 0 Å². The van der Waals surface area contributed by atoms with Crippen molar-refractivity contribution in [2.75, 3.05) is 19.7 Å². The number of aliphatic hydroxyl groups is 2. The van der Waals surface area contributed by atoms with Crippen LogP contribution in [0.3, 0.4) is 0 Å². The lowest BCUT2D eigenvalue weighted by Gasteiger charge is -2.45. The Kier molecular flexibility index (Phi) is 3.54. The fourth-order valence-electron chi connectivity index (χ4n) is 3.04. The predicted octanol–water partition coefficient (Wildman–Crippen LogP) is 0.371. The van der Waals surface area contributed by atoms with Gasteiger partial charge in [0.05, 0.1) is 24.4 Å². The lowest BCUT2D eigenvalue weighted by atomic mass is 10.0. The Morgan fingerprint density at radius 3 is 2.69 bits per heavy atom. The van der Waals surface area contributed by atoms with Crippen LogP contribution in [0.15, 0.2) is 0 Å². The van der Waals surface area contributed by atoms with Crippen LogP contribution >= 0.6 is 0 Å². The van der Waals surface area contributed by atoms with Crippen molar-refractivity contribution in [3.8, 4) is 0 Å². The molecule has 2 rings (SSSR count). The van der Waals surface area contributed by atoms with Crippen LogP contribution in [-0.2, 0) is 4.74 Å². The van der Waals surface area contributed by atoms with E-state index in [1.165, 1.54) is 0 Å². The molecule has 1 heterocycles. The van der Waals surface area contributed by atoms with Crippen LogP contribution in [-0.4, -0.2) is 58.7 Å². The minimum atomic E-state index is -0.228. The molecule has 1 aliphatic carbocycles. The number of hydrogen-bond donors (Lipinski definition) is 2. The van der Waals surface area contributed by atoms with Crippen molar-refractivity contribution in [2.24, 2.45) is 0 Å². The van der Waals surface area contributed by atoms with E-state index in [0.29, 0.717) is 0 Å². The molecule has 94 valence electrons. The van der Waals surface area contributed by atoms with Crippen molar-refractivity contribution in [1.29, 1.82) is 0 Å². The van der Waals surface area contributed by atoms with Gasteiger partial charge in [-0.15, -0.1) is 0 Å². The summed E-state index contributed by atoms with van der Waals surface area (Å²) in [5.41, 5.74) is -0.228. The van der Waals surface area contributed by atoms with E-state index >= 15 is 0 Å². The average molecular weight is 229 g/mol. The highest BCUT2D eigenvalue weighted by Gasteiger charge is 2.39. The topological polar surface area (TPSA) is 52.9 Å². The van der Waals surface area contributed by atoms with E-state index in [-0.39, 0.29) is 30.5 Å². The number of ether oxygens (including phenoxy) is 1. The molecular weight excluding hydrogens is 206 g/mol. The second-order valence-electron chi connectivity index (χ2n) is 5.68. The molecular formula is C12H23NO3. The number of nitrogens with zero attached hydrogens (tertiary/aromatic N) is 1. The van der Waals surface area contributed by atoms with E-state index in [0.717, 1.165) is 32.4 Å². The largest absolute Gasteiger partial charge is 0.394 e. The van der Waals surface area contributed by atoms with Crippen molar-refractivity contribution in [2.45, 2.75) is 57.0 Å². The van der Waals surface area contributed by atoms with Gasteiger partial charge in [0.15, 0.2) is 0 Å². The lowest BCUT2D eigenvalue weighted by Crippen LogP contribution is -2.58. The molecule has 2 aliphatic rings. The average Bonchev–Trinajstić information content (AvgIpc) is 2.62. The summed E-state index contributed by atoms with van der Waals surface area (Å²) < 4.78 is 5.77. The molecule has 0 aromatic carbocycles. The summed E-state index contributed by atoms with van der Waals surface area (Å²) in [4.78, 5) is 2.29. The summed E-state index contributed by atoms with van der Waals surface area (Å²) in [5.74, 6) is 0. The highest BCUT2D eigenvalue weighted by Crippen LogP contribution is 2.29. The van der Waals surface area contributed by atoms with Gasteiger partial charge in [-0.25, -0.2) is 0 Å². The van der Waals surface area contributed by atoms with Gasteiger partial charge in [-0.05, 0) is 33.1 Å². The Morgan fingerprint density at radius 2 is 2.12 bits per heavy atom. The van der Waals surface area contributed by atoms with Gasteiger partial charge in [-0.1, -0.05) is 0 Å². The van der Waals surface area contributed by atoms with E-state index < -0.39 is 0 Å². The summed E-state index contributed by atoms with van der Waals surface area (Å²) in [6.07, 6.45) is 2.76. The first-order valence-corrected chi connectivity index (χ1v) is 6.22. The monoisotopic (exact) mass is 229 g/mol. The minimum Gasteiger partial charge on any atom is -0.394 e. The van der Waals surface area contributed by atoms with Crippen molar-refractivity contribution in [3.05, 3.63) is 0 Å². The Hall–Kier alpha value is -0.160. The van der Waals surface area contributed by atoms with Crippen molar-refractivity contribution in [1.82, 2.24) is 4.90 Å². The van der Waals surface area contributed by atoms with Crippen LogP contribution in [0.25, 0.3) is 0 Å². The van der Waals surface area contributed by atoms with Gasteiger partial charge in [0.25, 0.3) is 0 Å². The third-order valence-electron chi connectivity index (χ3n) is 3.62. The zero-order chi connectivity index (χ0) is 11.8. The minimum absolute atomic E-state index is 0.0583. The summed E-state index contributed by atoms with van der Waals surface area (Å²) in [7, 11) is 0.